The number of ether oxygens (including phenoxy) is 9. The van der Waals surface area contributed by atoms with Crippen molar-refractivity contribution in [2.75, 3.05) is 26.4 Å². The largest absolute Gasteiger partial charge is 0.494 e. The zero-order valence-corrected chi connectivity index (χ0v) is 45.9. The Morgan fingerprint density at radius 3 is 1.40 bits per heavy atom. The average molecular weight is 1110 g/mol. The molecule has 0 radical (unpaired) electrons. The standard InChI is InChI=1S/C59H69NO16S2/c1-5-50(61)70-35-13-9-7-11-33-68-43-23-27-45(28-24-43)73-54(63)39-15-19-41(20-16-39)56(65)75-48-31-32-49(53-52(48)77-59(78-53)47(37-60)58(67)72-38(3)4)76-57(66)42-21-17-40(18-22-42)55(64)74-46-29-25-44(26-30-46)69-34-12-8-10-14-36-71-51(62)6-2/h5-6,23-32,38-42,54,63H,1-2,7-22,33-36H2,3-4H3/b59-47-. The van der Waals surface area contributed by atoms with Gasteiger partial charge in [-0.2, -0.15) is 5.26 Å². The zero-order chi connectivity index (χ0) is 55.8. The van der Waals surface area contributed by atoms with Crippen LogP contribution in [-0.2, 0) is 43.0 Å². The molecule has 0 bridgehead atoms. The van der Waals surface area contributed by atoms with E-state index in [9.17, 15) is 39.1 Å². The number of carbonyl (C=O) groups is 6. The first kappa shape index (κ1) is 60.5. The van der Waals surface area contributed by atoms with Crippen LogP contribution in [0, 0.1) is 35.0 Å². The third kappa shape index (κ3) is 19.0. The van der Waals surface area contributed by atoms with E-state index >= 15 is 0 Å². The highest BCUT2D eigenvalue weighted by Crippen LogP contribution is 2.59. The van der Waals surface area contributed by atoms with Crippen LogP contribution in [0.5, 0.6) is 34.5 Å². The molecule has 3 aromatic rings. The SMILES string of the molecule is C=CC(=O)OCCCCCCOc1ccc(OC(=O)C2CCC(C(=O)Oc3ccc(OC(=O)C4CCC(C(O)Oc5ccc(OCCCCCCOC(=O)C=C)cc5)CC4)c4c3S/C(=C(/C#N)C(=O)OC(C)C)S4)CC2)cc1. The average Bonchev–Trinajstić information content (AvgIpc) is 3.90. The van der Waals surface area contributed by atoms with Crippen molar-refractivity contribution in [3.63, 3.8) is 0 Å². The summed E-state index contributed by atoms with van der Waals surface area (Å²) in [5.74, 6) is -2.14. The number of rotatable bonds is 29. The lowest BCUT2D eigenvalue weighted by molar-refractivity contribution is -0.145. The predicted molar refractivity (Wildman–Crippen MR) is 290 cm³/mol. The van der Waals surface area contributed by atoms with Gasteiger partial charge in [0.2, 0.25) is 0 Å². The quantitative estimate of drug-likeness (QED) is 0.0130. The number of carbonyl (C=O) groups excluding carboxylic acids is 6. The first-order valence-electron chi connectivity index (χ1n) is 26.7. The van der Waals surface area contributed by atoms with E-state index in [0.29, 0.717) is 111 Å². The van der Waals surface area contributed by atoms with Crippen molar-refractivity contribution in [2.24, 2.45) is 23.7 Å². The molecular weight excluding hydrogens is 1040 g/mol. The highest BCUT2D eigenvalue weighted by molar-refractivity contribution is 8.24. The van der Waals surface area contributed by atoms with Crippen molar-refractivity contribution in [3.05, 3.63) is 95.8 Å². The van der Waals surface area contributed by atoms with Gasteiger partial charge in [-0.3, -0.25) is 14.4 Å². The Kier molecular flexibility index (Phi) is 24.5. The Morgan fingerprint density at radius 2 is 0.974 bits per heavy atom. The van der Waals surface area contributed by atoms with Gasteiger partial charge in [0.1, 0.15) is 40.6 Å². The van der Waals surface area contributed by atoms with Crippen molar-refractivity contribution in [3.8, 4) is 40.6 Å². The third-order valence-corrected chi connectivity index (χ3v) is 15.8. The van der Waals surface area contributed by atoms with Crippen LogP contribution < -0.4 is 28.4 Å². The molecule has 17 nitrogen and oxygen atoms in total. The number of esters is 6. The van der Waals surface area contributed by atoms with Crippen LogP contribution in [0.3, 0.4) is 0 Å². The lowest BCUT2D eigenvalue weighted by Gasteiger charge is -2.30. The highest BCUT2D eigenvalue weighted by atomic mass is 32.2. The Bertz CT molecular complexity index is 2610. The second-order valence-electron chi connectivity index (χ2n) is 19.3. The normalized spacial score (nSPS) is 18.7. The Balaban J connectivity index is 0.969. The summed E-state index contributed by atoms with van der Waals surface area (Å²) in [5, 5.41) is 21.1. The fraction of sp³-hybridized carbons (Fsp3) is 0.475. The number of hydrogen-bond donors (Lipinski definition) is 1. The fourth-order valence-electron chi connectivity index (χ4n) is 8.84. The molecule has 3 aromatic carbocycles. The number of aliphatic hydroxyl groups is 1. The van der Waals surface area contributed by atoms with Crippen molar-refractivity contribution in [1.82, 2.24) is 0 Å². The predicted octanol–water partition coefficient (Wildman–Crippen LogP) is 11.3. The molecule has 2 saturated carbocycles. The van der Waals surface area contributed by atoms with E-state index in [1.807, 2.05) is 6.07 Å². The van der Waals surface area contributed by atoms with Gasteiger partial charge in [0.25, 0.3) is 0 Å². The smallest absolute Gasteiger partial charge is 0.350 e. The summed E-state index contributed by atoms with van der Waals surface area (Å²) >= 11 is 2.10. The van der Waals surface area contributed by atoms with Crippen LogP contribution >= 0.6 is 23.5 Å². The van der Waals surface area contributed by atoms with E-state index < -0.39 is 60.0 Å². The molecule has 19 heteroatoms. The minimum atomic E-state index is -1.10. The number of fused-ring (bicyclic) bond motifs is 1. The van der Waals surface area contributed by atoms with Crippen LogP contribution in [0.2, 0.25) is 0 Å². The van der Waals surface area contributed by atoms with Gasteiger partial charge in [-0.25, -0.2) is 14.4 Å². The number of hydrogen-bond acceptors (Lipinski definition) is 19. The van der Waals surface area contributed by atoms with Crippen LogP contribution in [0.1, 0.15) is 117 Å². The Hall–Kier alpha value is -6.75. The molecular formula is C59H69NO16S2. The maximum atomic E-state index is 13.8. The number of aliphatic hydroxyl groups excluding tert-OH is 1. The number of unbranched alkanes of at least 4 members (excludes halogenated alkanes) is 6. The second-order valence-corrected chi connectivity index (χ2v) is 21.6. The van der Waals surface area contributed by atoms with E-state index in [2.05, 4.69) is 13.2 Å². The summed E-state index contributed by atoms with van der Waals surface area (Å²) in [6.45, 7) is 11.9. The Labute approximate surface area is 464 Å². The topological polar surface area (TPSA) is 230 Å². The van der Waals surface area contributed by atoms with Crippen molar-refractivity contribution in [1.29, 1.82) is 5.26 Å². The third-order valence-electron chi connectivity index (χ3n) is 13.2. The van der Waals surface area contributed by atoms with Crippen molar-refractivity contribution in [2.45, 2.75) is 139 Å². The summed E-state index contributed by atoms with van der Waals surface area (Å²) in [6.07, 6.45) is 11.1. The zero-order valence-electron chi connectivity index (χ0n) is 44.3. The summed E-state index contributed by atoms with van der Waals surface area (Å²) in [5.41, 5.74) is -0.238. The molecule has 0 spiro atoms. The minimum Gasteiger partial charge on any atom is -0.494 e. The monoisotopic (exact) mass is 1110 g/mol. The fourth-order valence-corrected chi connectivity index (χ4v) is 11.4. The van der Waals surface area contributed by atoms with E-state index in [1.165, 1.54) is 12.1 Å². The summed E-state index contributed by atoms with van der Waals surface area (Å²) < 4.78 is 50.9. The molecule has 1 atom stereocenters. The summed E-state index contributed by atoms with van der Waals surface area (Å²) in [7, 11) is 0. The van der Waals surface area contributed by atoms with Crippen LogP contribution in [-0.4, -0.2) is 79.7 Å². The van der Waals surface area contributed by atoms with Gasteiger partial charge in [-0.05, 0) is 177 Å². The first-order valence-corrected chi connectivity index (χ1v) is 28.3. The second kappa shape index (κ2) is 31.6. The van der Waals surface area contributed by atoms with Gasteiger partial charge in [0, 0.05) is 18.1 Å². The summed E-state index contributed by atoms with van der Waals surface area (Å²) in [4.78, 5) is 76.8. The maximum Gasteiger partial charge on any atom is 0.350 e. The number of benzene rings is 3. The molecule has 0 aromatic heterocycles. The van der Waals surface area contributed by atoms with E-state index in [4.69, 9.17) is 42.6 Å². The molecule has 1 unspecified atom stereocenters. The molecule has 1 aliphatic heterocycles. The molecule has 3 aliphatic rings. The first-order chi connectivity index (χ1) is 37.7. The molecule has 1 N–H and O–H groups in total. The lowest BCUT2D eigenvalue weighted by atomic mass is 9.81. The molecule has 78 heavy (non-hydrogen) atoms. The van der Waals surface area contributed by atoms with Crippen LogP contribution in [0.15, 0.2) is 106 Å². The van der Waals surface area contributed by atoms with E-state index in [1.54, 1.807) is 62.4 Å². The molecule has 418 valence electrons. The van der Waals surface area contributed by atoms with Crippen molar-refractivity contribution < 1.29 is 76.5 Å². The van der Waals surface area contributed by atoms with Gasteiger partial charge in [-0.1, -0.05) is 36.7 Å². The molecule has 2 fully saturated rings. The summed E-state index contributed by atoms with van der Waals surface area (Å²) in [6, 6.07) is 18.9. The van der Waals surface area contributed by atoms with Gasteiger partial charge >= 0.3 is 35.8 Å². The Morgan fingerprint density at radius 1 is 0.577 bits per heavy atom. The van der Waals surface area contributed by atoms with Gasteiger partial charge in [0.05, 0.1) is 64.3 Å². The van der Waals surface area contributed by atoms with Crippen molar-refractivity contribution >= 4 is 59.3 Å². The molecule has 6 rings (SSSR count). The highest BCUT2D eigenvalue weighted by Gasteiger charge is 2.37. The molecule has 0 saturated heterocycles. The van der Waals surface area contributed by atoms with Crippen LogP contribution in [0.25, 0.3) is 0 Å². The molecule has 2 aliphatic carbocycles. The van der Waals surface area contributed by atoms with Gasteiger partial charge < -0.3 is 47.7 Å². The number of nitriles is 1. The van der Waals surface area contributed by atoms with E-state index in [0.717, 1.165) is 87.0 Å². The molecule has 1 heterocycles. The van der Waals surface area contributed by atoms with Gasteiger partial charge in [0.15, 0.2) is 11.9 Å². The number of nitrogens with zero attached hydrogens (tertiary/aromatic N) is 1. The number of thioether (sulfide) groups is 2. The van der Waals surface area contributed by atoms with E-state index in [-0.39, 0.29) is 33.2 Å². The maximum absolute atomic E-state index is 13.8. The van der Waals surface area contributed by atoms with Crippen LogP contribution in [0.4, 0.5) is 0 Å². The van der Waals surface area contributed by atoms with Gasteiger partial charge in [-0.15, -0.1) is 0 Å². The molecule has 0 amide bonds. The minimum absolute atomic E-state index is 0.167. The lowest BCUT2D eigenvalue weighted by Crippen LogP contribution is -2.33.